The van der Waals surface area contributed by atoms with E-state index in [1.807, 2.05) is 25.1 Å². The van der Waals surface area contributed by atoms with E-state index in [0.29, 0.717) is 12.6 Å². The Labute approximate surface area is 157 Å². The summed E-state index contributed by atoms with van der Waals surface area (Å²) in [4.78, 5) is 24.1. The number of piperidine rings is 1. The summed E-state index contributed by atoms with van der Waals surface area (Å²) in [7, 11) is 0. The number of carbonyl (C=O) groups excluding carboxylic acids is 2. The Morgan fingerprint density at radius 1 is 1.38 bits per heavy atom. The molecule has 1 aliphatic heterocycles. The van der Waals surface area contributed by atoms with E-state index in [1.165, 1.54) is 0 Å². The highest BCUT2D eigenvalue weighted by Crippen LogP contribution is 2.20. The highest BCUT2D eigenvalue weighted by atomic mass is 79.9. The van der Waals surface area contributed by atoms with Gasteiger partial charge in [0.2, 0.25) is 11.8 Å². The fourth-order valence-corrected chi connectivity index (χ4v) is 3.12. The second-order valence-corrected chi connectivity index (χ2v) is 7.04. The van der Waals surface area contributed by atoms with Gasteiger partial charge in [0.05, 0.1) is 0 Å². The molecule has 2 atom stereocenters. The van der Waals surface area contributed by atoms with Gasteiger partial charge in [0.15, 0.2) is 0 Å². The van der Waals surface area contributed by atoms with Crippen LogP contribution in [0.4, 0.5) is 5.69 Å². The molecule has 7 heteroatoms. The summed E-state index contributed by atoms with van der Waals surface area (Å²) < 4.78 is 0.923. The number of benzene rings is 1. The first kappa shape index (κ1) is 20.9. The van der Waals surface area contributed by atoms with Crippen LogP contribution in [0.3, 0.4) is 0 Å². The first-order valence-corrected chi connectivity index (χ1v) is 8.82. The average Bonchev–Trinajstić information content (AvgIpc) is 2.51. The van der Waals surface area contributed by atoms with Gasteiger partial charge in [-0.1, -0.05) is 22.0 Å². The van der Waals surface area contributed by atoms with E-state index in [9.17, 15) is 9.59 Å². The fourth-order valence-electron chi connectivity index (χ4n) is 2.76. The van der Waals surface area contributed by atoms with E-state index in [1.54, 1.807) is 0 Å². The second-order valence-electron chi connectivity index (χ2n) is 6.12. The lowest BCUT2D eigenvalue weighted by Crippen LogP contribution is -2.42. The topological polar surface area (TPSA) is 70.2 Å². The lowest BCUT2D eigenvalue weighted by atomic mass is 9.92. The van der Waals surface area contributed by atoms with Gasteiger partial charge in [-0.05, 0) is 50.9 Å². The first-order valence-electron chi connectivity index (χ1n) is 8.03. The molecule has 1 saturated heterocycles. The van der Waals surface area contributed by atoms with Crippen LogP contribution in [-0.2, 0) is 9.59 Å². The van der Waals surface area contributed by atoms with Crippen molar-refractivity contribution in [2.75, 3.05) is 18.4 Å². The summed E-state index contributed by atoms with van der Waals surface area (Å²) in [5.74, 6) is 0.0246. The number of anilines is 1. The van der Waals surface area contributed by atoms with Crippen molar-refractivity contribution in [3.63, 3.8) is 0 Å². The van der Waals surface area contributed by atoms with Crippen molar-refractivity contribution in [2.24, 2.45) is 5.92 Å². The predicted molar refractivity (Wildman–Crippen MR) is 103 cm³/mol. The maximum Gasteiger partial charge on any atom is 0.226 e. The van der Waals surface area contributed by atoms with Crippen LogP contribution in [0.15, 0.2) is 22.7 Å². The predicted octanol–water partition coefficient (Wildman–Crippen LogP) is 3.01. The number of hydrogen-bond donors (Lipinski definition) is 3. The zero-order valence-electron chi connectivity index (χ0n) is 14.0. The van der Waals surface area contributed by atoms with Crippen LogP contribution in [-0.4, -0.2) is 30.9 Å². The molecule has 2 rings (SSSR count). The lowest BCUT2D eigenvalue weighted by molar-refractivity contribution is -0.126. The van der Waals surface area contributed by atoms with E-state index < -0.39 is 0 Å². The summed E-state index contributed by atoms with van der Waals surface area (Å²) >= 11 is 3.39. The molecule has 1 heterocycles. The molecule has 134 valence electrons. The van der Waals surface area contributed by atoms with Gasteiger partial charge in [-0.15, -0.1) is 12.4 Å². The summed E-state index contributed by atoms with van der Waals surface area (Å²) in [5, 5.41) is 9.09. The number of halogens is 2. The molecule has 0 aromatic heterocycles. The van der Waals surface area contributed by atoms with Crippen LogP contribution in [0.5, 0.6) is 0 Å². The summed E-state index contributed by atoms with van der Waals surface area (Å²) in [6.45, 7) is 5.28. The molecule has 24 heavy (non-hydrogen) atoms. The van der Waals surface area contributed by atoms with Crippen molar-refractivity contribution < 1.29 is 9.59 Å². The average molecular weight is 419 g/mol. The van der Waals surface area contributed by atoms with Crippen molar-refractivity contribution in [1.82, 2.24) is 10.6 Å². The third kappa shape index (κ3) is 6.42. The Morgan fingerprint density at radius 2 is 2.12 bits per heavy atom. The molecule has 0 bridgehead atoms. The highest BCUT2D eigenvalue weighted by molar-refractivity contribution is 9.10. The Kier molecular flexibility index (Phi) is 8.73. The van der Waals surface area contributed by atoms with Gasteiger partial charge in [0.25, 0.3) is 0 Å². The molecule has 1 aromatic carbocycles. The van der Waals surface area contributed by atoms with Crippen molar-refractivity contribution >= 4 is 45.8 Å². The standard InChI is InChI=1S/C17H24BrN3O2.ClH/c1-11-3-4-14(18)10-15(11)21-16(22)6-8-20-17(23)13-5-7-19-12(2)9-13;/h3-4,10,12-13,19H,5-9H2,1-2H3,(H,20,23)(H,21,22);1H/t12-,13-;/m0./s1. The van der Waals surface area contributed by atoms with Crippen LogP contribution in [0.1, 0.15) is 31.7 Å². The Morgan fingerprint density at radius 3 is 2.83 bits per heavy atom. The molecular formula is C17H25BrClN3O2. The Bertz CT molecular complexity index is 583. The zero-order valence-corrected chi connectivity index (χ0v) is 16.4. The van der Waals surface area contributed by atoms with E-state index in [0.717, 1.165) is 35.1 Å². The molecule has 0 saturated carbocycles. The maximum absolute atomic E-state index is 12.1. The highest BCUT2D eigenvalue weighted by Gasteiger charge is 2.24. The minimum absolute atomic E-state index is 0. The van der Waals surface area contributed by atoms with Crippen LogP contribution in [0.2, 0.25) is 0 Å². The summed E-state index contributed by atoms with van der Waals surface area (Å²) in [5.41, 5.74) is 1.80. The van der Waals surface area contributed by atoms with Gasteiger partial charge in [0, 0.05) is 35.1 Å². The van der Waals surface area contributed by atoms with Gasteiger partial charge < -0.3 is 16.0 Å². The molecule has 5 nitrogen and oxygen atoms in total. The largest absolute Gasteiger partial charge is 0.355 e. The van der Waals surface area contributed by atoms with Gasteiger partial charge in [-0.25, -0.2) is 0 Å². The van der Waals surface area contributed by atoms with Crippen molar-refractivity contribution in [2.45, 2.75) is 39.2 Å². The van der Waals surface area contributed by atoms with E-state index in [-0.39, 0.29) is 36.6 Å². The lowest BCUT2D eigenvalue weighted by Gasteiger charge is -2.27. The maximum atomic E-state index is 12.1. The van der Waals surface area contributed by atoms with Crippen LogP contribution < -0.4 is 16.0 Å². The molecular weight excluding hydrogens is 394 g/mol. The zero-order chi connectivity index (χ0) is 16.8. The fraction of sp³-hybridized carbons (Fsp3) is 0.529. The molecule has 1 aromatic rings. The second kappa shape index (κ2) is 10.0. The Balaban J connectivity index is 0.00000288. The Hall–Kier alpha value is -1.11. The number of amides is 2. The minimum atomic E-state index is -0.0924. The molecule has 0 unspecified atom stereocenters. The monoisotopic (exact) mass is 417 g/mol. The van der Waals surface area contributed by atoms with E-state index in [4.69, 9.17) is 0 Å². The first-order chi connectivity index (χ1) is 11.0. The van der Waals surface area contributed by atoms with Gasteiger partial charge in [-0.3, -0.25) is 9.59 Å². The SMILES string of the molecule is Cc1ccc(Br)cc1NC(=O)CCNC(=O)[C@H]1CCN[C@@H](C)C1.Cl. The number of aryl methyl sites for hydroxylation is 1. The molecule has 0 radical (unpaired) electrons. The third-order valence-corrected chi connectivity index (χ3v) is 4.61. The smallest absolute Gasteiger partial charge is 0.226 e. The van der Waals surface area contributed by atoms with Gasteiger partial charge >= 0.3 is 0 Å². The number of rotatable bonds is 5. The van der Waals surface area contributed by atoms with Crippen LogP contribution in [0.25, 0.3) is 0 Å². The normalized spacial score (nSPS) is 20.0. The number of carbonyl (C=O) groups is 2. The molecule has 1 fully saturated rings. The molecule has 1 aliphatic rings. The van der Waals surface area contributed by atoms with E-state index >= 15 is 0 Å². The third-order valence-electron chi connectivity index (χ3n) is 4.12. The van der Waals surface area contributed by atoms with Crippen molar-refractivity contribution in [1.29, 1.82) is 0 Å². The van der Waals surface area contributed by atoms with E-state index in [2.05, 4.69) is 38.8 Å². The summed E-state index contributed by atoms with van der Waals surface area (Å²) in [6.07, 6.45) is 1.99. The van der Waals surface area contributed by atoms with Crippen LogP contribution >= 0.6 is 28.3 Å². The molecule has 0 spiro atoms. The molecule has 3 N–H and O–H groups in total. The quantitative estimate of drug-likeness (QED) is 0.688. The number of hydrogen-bond acceptors (Lipinski definition) is 3. The number of nitrogens with one attached hydrogen (secondary N) is 3. The van der Waals surface area contributed by atoms with Crippen molar-refractivity contribution in [3.8, 4) is 0 Å². The van der Waals surface area contributed by atoms with Gasteiger partial charge in [0.1, 0.15) is 0 Å². The van der Waals surface area contributed by atoms with Crippen molar-refractivity contribution in [3.05, 3.63) is 28.2 Å². The minimum Gasteiger partial charge on any atom is -0.355 e. The molecule has 2 amide bonds. The molecule has 0 aliphatic carbocycles. The summed E-state index contributed by atoms with van der Waals surface area (Å²) in [6, 6.07) is 6.13. The van der Waals surface area contributed by atoms with Gasteiger partial charge in [-0.2, -0.15) is 0 Å². The van der Waals surface area contributed by atoms with Crippen LogP contribution in [0, 0.1) is 12.8 Å².